The van der Waals surface area contributed by atoms with Gasteiger partial charge in [-0.2, -0.15) is 0 Å². The second kappa shape index (κ2) is 7.00. The summed E-state index contributed by atoms with van der Waals surface area (Å²) < 4.78 is 0. The topological polar surface area (TPSA) is 20.3 Å². The van der Waals surface area contributed by atoms with Crippen LogP contribution in [0.3, 0.4) is 0 Å². The van der Waals surface area contributed by atoms with Crippen LogP contribution in [0.2, 0.25) is 0 Å². The van der Waals surface area contributed by atoms with E-state index in [-0.39, 0.29) is 5.41 Å². The van der Waals surface area contributed by atoms with Gasteiger partial charge in [0.05, 0.1) is 0 Å². The molecule has 0 aromatic heterocycles. The van der Waals surface area contributed by atoms with Gasteiger partial charge in [0.2, 0.25) is 0 Å². The Morgan fingerprint density at radius 3 is 2.07 bits per heavy atom. The highest BCUT2D eigenvalue weighted by atomic mass is 16.1. The van der Waals surface area contributed by atoms with E-state index in [1.165, 1.54) is 12.8 Å². The fourth-order valence-corrected chi connectivity index (χ4v) is 1.83. The lowest BCUT2D eigenvalue weighted by Gasteiger charge is -2.30. The maximum Gasteiger partial charge on any atom is 0.126 e. The number of carbonyl (C=O) groups is 1. The van der Waals surface area contributed by atoms with E-state index in [2.05, 4.69) is 25.7 Å². The van der Waals surface area contributed by atoms with Gasteiger partial charge in [-0.1, -0.05) is 47.5 Å². The zero-order valence-electron chi connectivity index (χ0n) is 11.0. The molecule has 0 N–H and O–H groups in total. The Labute approximate surface area is 95.0 Å². The zero-order valence-corrected chi connectivity index (χ0v) is 11.0. The molecule has 0 aliphatic rings. The standard InChI is InChI=1S/C13H27NO/c1-6-12(7-2)9-14(8-3)10-13(4,5)11-15/h11-12H,6-10H2,1-5H3. The average Bonchev–Trinajstić information content (AvgIpc) is 2.24. The smallest absolute Gasteiger partial charge is 0.126 e. The minimum absolute atomic E-state index is 0.206. The molecule has 2 nitrogen and oxygen atoms in total. The molecule has 0 bridgehead atoms. The van der Waals surface area contributed by atoms with Crippen molar-refractivity contribution in [2.75, 3.05) is 19.6 Å². The van der Waals surface area contributed by atoms with Crippen LogP contribution in [0.25, 0.3) is 0 Å². The molecule has 15 heavy (non-hydrogen) atoms. The molecule has 0 saturated carbocycles. The van der Waals surface area contributed by atoms with Crippen molar-refractivity contribution in [1.82, 2.24) is 4.90 Å². The highest BCUT2D eigenvalue weighted by Gasteiger charge is 2.21. The van der Waals surface area contributed by atoms with Crippen molar-refractivity contribution in [3.8, 4) is 0 Å². The summed E-state index contributed by atoms with van der Waals surface area (Å²) in [4.78, 5) is 13.3. The van der Waals surface area contributed by atoms with Gasteiger partial charge in [0, 0.05) is 18.5 Å². The Morgan fingerprint density at radius 1 is 1.20 bits per heavy atom. The van der Waals surface area contributed by atoms with Gasteiger partial charge in [0.15, 0.2) is 0 Å². The SMILES string of the molecule is CCC(CC)CN(CC)CC(C)(C)C=O. The summed E-state index contributed by atoms with van der Waals surface area (Å²) in [6.45, 7) is 13.7. The first-order chi connectivity index (χ1) is 6.99. The van der Waals surface area contributed by atoms with E-state index in [1.54, 1.807) is 0 Å². The Kier molecular flexibility index (Phi) is 6.82. The summed E-state index contributed by atoms with van der Waals surface area (Å²) >= 11 is 0. The van der Waals surface area contributed by atoms with Gasteiger partial charge < -0.3 is 9.69 Å². The number of rotatable bonds is 8. The van der Waals surface area contributed by atoms with Crippen molar-refractivity contribution in [3.05, 3.63) is 0 Å². The molecule has 0 heterocycles. The van der Waals surface area contributed by atoms with E-state index >= 15 is 0 Å². The quantitative estimate of drug-likeness (QED) is 0.578. The molecule has 0 aliphatic heterocycles. The number of hydrogen-bond donors (Lipinski definition) is 0. The Morgan fingerprint density at radius 2 is 1.73 bits per heavy atom. The third kappa shape index (κ3) is 5.93. The van der Waals surface area contributed by atoms with Gasteiger partial charge in [0.1, 0.15) is 6.29 Å². The van der Waals surface area contributed by atoms with Crippen LogP contribution in [0.1, 0.15) is 47.5 Å². The first-order valence-corrected chi connectivity index (χ1v) is 6.17. The first-order valence-electron chi connectivity index (χ1n) is 6.17. The van der Waals surface area contributed by atoms with Crippen molar-refractivity contribution in [2.45, 2.75) is 47.5 Å². The normalized spacial score (nSPS) is 12.5. The van der Waals surface area contributed by atoms with E-state index in [9.17, 15) is 4.79 Å². The minimum atomic E-state index is -0.206. The van der Waals surface area contributed by atoms with Crippen molar-refractivity contribution >= 4 is 6.29 Å². The van der Waals surface area contributed by atoms with Gasteiger partial charge in [-0.05, 0) is 12.5 Å². The lowest BCUT2D eigenvalue weighted by Crippen LogP contribution is -2.38. The van der Waals surface area contributed by atoms with E-state index in [0.717, 1.165) is 31.8 Å². The van der Waals surface area contributed by atoms with Crippen LogP contribution < -0.4 is 0 Å². The van der Waals surface area contributed by atoms with Crippen molar-refractivity contribution in [2.24, 2.45) is 11.3 Å². The zero-order chi connectivity index (χ0) is 11.9. The van der Waals surface area contributed by atoms with E-state index in [1.807, 2.05) is 13.8 Å². The molecular weight excluding hydrogens is 186 g/mol. The number of aldehydes is 1. The summed E-state index contributed by atoms with van der Waals surface area (Å²) in [5.41, 5.74) is -0.206. The van der Waals surface area contributed by atoms with Crippen LogP contribution in [0.15, 0.2) is 0 Å². The van der Waals surface area contributed by atoms with E-state index in [4.69, 9.17) is 0 Å². The van der Waals surface area contributed by atoms with Gasteiger partial charge in [0.25, 0.3) is 0 Å². The highest BCUT2D eigenvalue weighted by Crippen LogP contribution is 2.16. The van der Waals surface area contributed by atoms with Gasteiger partial charge >= 0.3 is 0 Å². The molecule has 0 atom stereocenters. The van der Waals surface area contributed by atoms with Crippen LogP contribution in [-0.4, -0.2) is 30.8 Å². The van der Waals surface area contributed by atoms with Crippen LogP contribution in [0.4, 0.5) is 0 Å². The molecule has 0 fully saturated rings. The number of carbonyl (C=O) groups excluding carboxylic acids is 1. The third-order valence-corrected chi connectivity index (χ3v) is 3.07. The Hall–Kier alpha value is -0.370. The summed E-state index contributed by atoms with van der Waals surface area (Å²) in [7, 11) is 0. The molecule has 0 spiro atoms. The number of nitrogens with zero attached hydrogens (tertiary/aromatic N) is 1. The molecule has 0 rings (SSSR count). The van der Waals surface area contributed by atoms with E-state index in [0.29, 0.717) is 0 Å². The van der Waals surface area contributed by atoms with E-state index < -0.39 is 0 Å². The molecule has 0 amide bonds. The maximum atomic E-state index is 10.9. The molecule has 90 valence electrons. The maximum absolute atomic E-state index is 10.9. The number of hydrogen-bond acceptors (Lipinski definition) is 2. The molecule has 0 saturated heterocycles. The predicted molar refractivity (Wildman–Crippen MR) is 66.0 cm³/mol. The van der Waals surface area contributed by atoms with Gasteiger partial charge in [-0.25, -0.2) is 0 Å². The molecule has 0 aromatic rings. The predicted octanol–water partition coefficient (Wildman–Crippen LogP) is 2.97. The molecule has 0 aliphatic carbocycles. The van der Waals surface area contributed by atoms with Crippen LogP contribution in [-0.2, 0) is 4.79 Å². The Balaban J connectivity index is 4.18. The van der Waals surface area contributed by atoms with Crippen LogP contribution >= 0.6 is 0 Å². The molecule has 0 radical (unpaired) electrons. The summed E-state index contributed by atoms with van der Waals surface area (Å²) in [6.07, 6.45) is 3.53. The summed E-state index contributed by atoms with van der Waals surface area (Å²) in [5, 5.41) is 0. The lowest BCUT2D eigenvalue weighted by molar-refractivity contribution is -0.115. The minimum Gasteiger partial charge on any atom is -0.303 e. The fraction of sp³-hybridized carbons (Fsp3) is 0.923. The molecule has 0 unspecified atom stereocenters. The van der Waals surface area contributed by atoms with Gasteiger partial charge in [-0.3, -0.25) is 0 Å². The summed E-state index contributed by atoms with van der Waals surface area (Å²) in [5.74, 6) is 0.771. The molecule has 0 aromatic carbocycles. The summed E-state index contributed by atoms with van der Waals surface area (Å²) in [6, 6.07) is 0. The fourth-order valence-electron chi connectivity index (χ4n) is 1.83. The lowest BCUT2D eigenvalue weighted by atomic mass is 9.94. The molecular formula is C13H27NO. The van der Waals surface area contributed by atoms with Gasteiger partial charge in [-0.15, -0.1) is 0 Å². The molecule has 2 heteroatoms. The van der Waals surface area contributed by atoms with Crippen LogP contribution in [0.5, 0.6) is 0 Å². The average molecular weight is 213 g/mol. The second-order valence-corrected chi connectivity index (χ2v) is 5.12. The monoisotopic (exact) mass is 213 g/mol. The third-order valence-electron chi connectivity index (χ3n) is 3.07. The largest absolute Gasteiger partial charge is 0.303 e. The first kappa shape index (κ1) is 14.6. The Bertz CT molecular complexity index is 173. The van der Waals surface area contributed by atoms with Crippen molar-refractivity contribution < 1.29 is 4.79 Å². The van der Waals surface area contributed by atoms with Crippen LogP contribution in [0, 0.1) is 11.3 Å². The van der Waals surface area contributed by atoms with Crippen molar-refractivity contribution in [1.29, 1.82) is 0 Å². The van der Waals surface area contributed by atoms with Crippen molar-refractivity contribution in [3.63, 3.8) is 0 Å². The highest BCUT2D eigenvalue weighted by molar-refractivity contribution is 5.58. The second-order valence-electron chi connectivity index (χ2n) is 5.12.